The molecule has 2 N–H and O–H groups in total. The van der Waals surface area contributed by atoms with Gasteiger partial charge in [-0.2, -0.15) is 5.10 Å². The third-order valence-electron chi connectivity index (χ3n) is 4.21. The molecule has 3 aromatic heterocycles. The fourth-order valence-corrected chi connectivity index (χ4v) is 3.16. The minimum atomic E-state index is -2.37. The van der Waals surface area contributed by atoms with Crippen molar-refractivity contribution in [2.45, 2.75) is 24.9 Å². The standard InChI is InChI=1S/C16H15ClF2N6/c17-9-1-2-14-11(5-22-25(14)8-9)13-6-20-7-15(24-13)23-10-3-12(16(18)19)21-4-10/h1-2,5-8,10,12,16,21H,3-4H2,(H,23,24). The molecule has 9 heteroatoms. The van der Waals surface area contributed by atoms with Crippen molar-refractivity contribution in [3.8, 4) is 11.3 Å². The Morgan fingerprint density at radius 1 is 1.28 bits per heavy atom. The summed E-state index contributed by atoms with van der Waals surface area (Å²) in [7, 11) is 0. The fourth-order valence-electron chi connectivity index (χ4n) is 3.00. The van der Waals surface area contributed by atoms with E-state index in [1.807, 2.05) is 6.07 Å². The predicted octanol–water partition coefficient (Wildman–Crippen LogP) is 2.85. The van der Waals surface area contributed by atoms with Crippen LogP contribution in [0.2, 0.25) is 5.02 Å². The molecule has 6 nitrogen and oxygen atoms in total. The van der Waals surface area contributed by atoms with Crippen molar-refractivity contribution in [3.05, 3.63) is 41.9 Å². The molecule has 2 unspecified atom stereocenters. The first-order chi connectivity index (χ1) is 12.1. The number of anilines is 1. The summed E-state index contributed by atoms with van der Waals surface area (Å²) in [5.41, 5.74) is 2.33. The Hall–Kier alpha value is -2.32. The van der Waals surface area contributed by atoms with Gasteiger partial charge in [-0.15, -0.1) is 0 Å². The molecule has 4 heterocycles. The number of pyridine rings is 1. The highest BCUT2D eigenvalue weighted by atomic mass is 35.5. The molecule has 3 aromatic rings. The van der Waals surface area contributed by atoms with Crippen LogP contribution in [0, 0.1) is 0 Å². The number of aromatic nitrogens is 4. The molecule has 1 saturated heterocycles. The number of nitrogens with one attached hydrogen (secondary N) is 2. The Balaban J connectivity index is 1.57. The van der Waals surface area contributed by atoms with Gasteiger partial charge < -0.3 is 10.6 Å². The topological polar surface area (TPSA) is 67.1 Å². The molecule has 0 radical (unpaired) electrons. The maximum Gasteiger partial charge on any atom is 0.253 e. The molecular formula is C16H15ClF2N6. The molecule has 4 rings (SSSR count). The summed E-state index contributed by atoms with van der Waals surface area (Å²) in [6.07, 6.45) is 4.62. The number of hydrogen-bond donors (Lipinski definition) is 2. The van der Waals surface area contributed by atoms with Crippen LogP contribution >= 0.6 is 11.6 Å². The summed E-state index contributed by atoms with van der Waals surface area (Å²) >= 11 is 5.97. The average Bonchev–Trinajstić information content (AvgIpc) is 3.21. The monoisotopic (exact) mass is 364 g/mol. The summed E-state index contributed by atoms with van der Waals surface area (Å²) in [6, 6.07) is 2.76. The van der Waals surface area contributed by atoms with Gasteiger partial charge in [-0.05, 0) is 18.6 Å². The van der Waals surface area contributed by atoms with Crippen LogP contribution in [-0.4, -0.2) is 44.6 Å². The SMILES string of the molecule is FC(F)C1CC(Nc2cncc(-c3cnn4cc(Cl)ccc34)n2)CN1. The van der Waals surface area contributed by atoms with E-state index in [9.17, 15) is 8.78 Å². The molecule has 1 aliphatic rings. The fraction of sp³-hybridized carbons (Fsp3) is 0.312. The summed E-state index contributed by atoms with van der Waals surface area (Å²) in [5.74, 6) is 0.549. The van der Waals surface area contributed by atoms with E-state index in [2.05, 4.69) is 25.7 Å². The van der Waals surface area contributed by atoms with Crippen LogP contribution in [0.15, 0.2) is 36.9 Å². The van der Waals surface area contributed by atoms with E-state index < -0.39 is 12.5 Å². The van der Waals surface area contributed by atoms with Gasteiger partial charge in [-0.25, -0.2) is 18.3 Å². The molecule has 0 aliphatic carbocycles. The summed E-state index contributed by atoms with van der Waals surface area (Å²) in [5, 5.41) is 10.8. The van der Waals surface area contributed by atoms with E-state index in [1.165, 1.54) is 0 Å². The van der Waals surface area contributed by atoms with Gasteiger partial charge in [-0.3, -0.25) is 4.98 Å². The zero-order chi connectivity index (χ0) is 17.4. The number of nitrogens with zero attached hydrogens (tertiary/aromatic N) is 4. The van der Waals surface area contributed by atoms with Gasteiger partial charge in [-0.1, -0.05) is 11.6 Å². The molecule has 0 spiro atoms. The van der Waals surface area contributed by atoms with E-state index in [0.29, 0.717) is 29.5 Å². The molecule has 1 aliphatic heterocycles. The van der Waals surface area contributed by atoms with Crippen LogP contribution in [-0.2, 0) is 0 Å². The van der Waals surface area contributed by atoms with Gasteiger partial charge in [0, 0.05) is 24.3 Å². The third-order valence-corrected chi connectivity index (χ3v) is 4.44. The van der Waals surface area contributed by atoms with Gasteiger partial charge in [0.1, 0.15) is 5.82 Å². The van der Waals surface area contributed by atoms with Gasteiger partial charge in [0.25, 0.3) is 6.43 Å². The van der Waals surface area contributed by atoms with Crippen LogP contribution < -0.4 is 10.6 Å². The van der Waals surface area contributed by atoms with Gasteiger partial charge >= 0.3 is 0 Å². The normalized spacial score (nSPS) is 20.5. The van der Waals surface area contributed by atoms with Crippen molar-refractivity contribution in [1.82, 2.24) is 24.9 Å². The van der Waals surface area contributed by atoms with Gasteiger partial charge in [0.2, 0.25) is 0 Å². The van der Waals surface area contributed by atoms with Gasteiger partial charge in [0.15, 0.2) is 0 Å². The number of alkyl halides is 2. The molecule has 25 heavy (non-hydrogen) atoms. The van der Waals surface area contributed by atoms with E-state index in [4.69, 9.17) is 11.6 Å². The Labute approximate surface area is 147 Å². The van der Waals surface area contributed by atoms with E-state index in [1.54, 1.807) is 35.4 Å². The molecule has 0 bridgehead atoms. The quantitative estimate of drug-likeness (QED) is 0.745. The first kappa shape index (κ1) is 16.2. The van der Waals surface area contributed by atoms with Crippen molar-refractivity contribution in [2.75, 3.05) is 11.9 Å². The molecule has 1 fully saturated rings. The summed E-state index contributed by atoms with van der Waals surface area (Å²) in [6.45, 7) is 0.468. The Bertz CT molecular complexity index is 899. The number of halogens is 3. The van der Waals surface area contributed by atoms with Crippen molar-refractivity contribution in [2.24, 2.45) is 0 Å². The molecule has 2 atom stereocenters. The predicted molar refractivity (Wildman–Crippen MR) is 91.1 cm³/mol. The smallest absolute Gasteiger partial charge is 0.253 e. The van der Waals surface area contributed by atoms with Crippen molar-refractivity contribution >= 4 is 22.9 Å². The number of fused-ring (bicyclic) bond motifs is 1. The molecule has 0 amide bonds. The zero-order valence-electron chi connectivity index (χ0n) is 13.0. The highest BCUT2D eigenvalue weighted by Crippen LogP contribution is 2.25. The lowest BCUT2D eigenvalue weighted by molar-refractivity contribution is 0.107. The first-order valence-electron chi connectivity index (χ1n) is 7.83. The van der Waals surface area contributed by atoms with Crippen molar-refractivity contribution in [3.63, 3.8) is 0 Å². The Kier molecular flexibility index (Phi) is 4.22. The molecular weight excluding hydrogens is 350 g/mol. The maximum atomic E-state index is 12.7. The van der Waals surface area contributed by atoms with Crippen LogP contribution in [0.3, 0.4) is 0 Å². The Morgan fingerprint density at radius 2 is 2.16 bits per heavy atom. The maximum absolute atomic E-state index is 12.7. The van der Waals surface area contributed by atoms with E-state index >= 15 is 0 Å². The lowest BCUT2D eigenvalue weighted by Crippen LogP contribution is -2.28. The van der Waals surface area contributed by atoms with Crippen LogP contribution in [0.1, 0.15) is 6.42 Å². The first-order valence-corrected chi connectivity index (χ1v) is 8.21. The average molecular weight is 365 g/mol. The van der Waals surface area contributed by atoms with Crippen LogP contribution in [0.25, 0.3) is 16.8 Å². The van der Waals surface area contributed by atoms with Crippen molar-refractivity contribution < 1.29 is 8.78 Å². The van der Waals surface area contributed by atoms with Crippen LogP contribution in [0.4, 0.5) is 14.6 Å². The molecule has 130 valence electrons. The van der Waals surface area contributed by atoms with E-state index in [0.717, 1.165) is 11.1 Å². The van der Waals surface area contributed by atoms with E-state index in [-0.39, 0.29) is 6.04 Å². The molecule has 0 aromatic carbocycles. The van der Waals surface area contributed by atoms with Crippen LogP contribution in [0.5, 0.6) is 0 Å². The minimum Gasteiger partial charge on any atom is -0.365 e. The highest BCUT2D eigenvalue weighted by Gasteiger charge is 2.30. The van der Waals surface area contributed by atoms with Crippen molar-refractivity contribution in [1.29, 1.82) is 0 Å². The second-order valence-corrected chi connectivity index (χ2v) is 6.39. The highest BCUT2D eigenvalue weighted by molar-refractivity contribution is 6.30. The lowest BCUT2D eigenvalue weighted by atomic mass is 10.2. The zero-order valence-corrected chi connectivity index (χ0v) is 13.8. The number of rotatable bonds is 4. The third kappa shape index (κ3) is 3.27. The lowest BCUT2D eigenvalue weighted by Gasteiger charge is -2.13. The summed E-state index contributed by atoms with van der Waals surface area (Å²) in [4.78, 5) is 8.75. The summed E-state index contributed by atoms with van der Waals surface area (Å²) < 4.78 is 27.2. The second-order valence-electron chi connectivity index (χ2n) is 5.95. The molecule has 0 saturated carbocycles. The Morgan fingerprint density at radius 3 is 2.96 bits per heavy atom. The number of hydrogen-bond acceptors (Lipinski definition) is 5. The van der Waals surface area contributed by atoms with Gasteiger partial charge in [0.05, 0.1) is 40.9 Å². The second kappa shape index (κ2) is 6.53. The largest absolute Gasteiger partial charge is 0.365 e. The minimum absolute atomic E-state index is 0.105.